The molecule has 1 atom stereocenters. The van der Waals surface area contributed by atoms with Crippen LogP contribution in [0, 0.1) is 12.7 Å². The van der Waals surface area contributed by atoms with Crippen LogP contribution in [0.4, 0.5) is 28.2 Å². The van der Waals surface area contributed by atoms with Gasteiger partial charge >= 0.3 is 18.2 Å². The van der Waals surface area contributed by atoms with Crippen LogP contribution >= 0.6 is 0 Å². The van der Waals surface area contributed by atoms with Gasteiger partial charge in [0.05, 0.1) is 6.61 Å². The molecule has 0 aliphatic rings. The van der Waals surface area contributed by atoms with E-state index in [-0.39, 0.29) is 12.4 Å². The zero-order valence-electron chi connectivity index (χ0n) is 14.2. The summed E-state index contributed by atoms with van der Waals surface area (Å²) in [6, 6.07) is 2.81. The third-order valence-corrected chi connectivity index (χ3v) is 3.45. The minimum absolute atomic E-state index is 0.163. The SMILES string of the molecule is CCOC(=O)[C@](NC(=O)Nc1cc(C)on1)(c1ccc(F)cc1)C(F)(F)F. The van der Waals surface area contributed by atoms with Crippen molar-refractivity contribution in [1.82, 2.24) is 10.5 Å². The second-order valence-electron chi connectivity index (χ2n) is 5.38. The molecule has 27 heavy (non-hydrogen) atoms. The highest BCUT2D eigenvalue weighted by Gasteiger charge is 2.64. The number of halogens is 4. The molecule has 2 rings (SSSR count). The molecule has 0 saturated carbocycles. The molecule has 2 N–H and O–H groups in total. The highest BCUT2D eigenvalue weighted by molar-refractivity contribution is 5.95. The number of alkyl halides is 3. The summed E-state index contributed by atoms with van der Waals surface area (Å²) in [7, 11) is 0. The Morgan fingerprint density at radius 3 is 2.33 bits per heavy atom. The van der Waals surface area contributed by atoms with Crippen molar-refractivity contribution in [2.45, 2.75) is 25.6 Å². The number of ether oxygens (including phenoxy) is 1. The first-order valence-corrected chi connectivity index (χ1v) is 7.62. The molecule has 0 unspecified atom stereocenters. The number of nitrogens with zero attached hydrogens (tertiary/aromatic N) is 1. The Labute approximate surface area is 150 Å². The zero-order chi connectivity index (χ0) is 20.2. The first-order valence-electron chi connectivity index (χ1n) is 7.62. The summed E-state index contributed by atoms with van der Waals surface area (Å²) in [6.07, 6.45) is -5.30. The second kappa shape index (κ2) is 7.64. The number of esters is 1. The van der Waals surface area contributed by atoms with Crippen molar-refractivity contribution in [2.75, 3.05) is 11.9 Å². The molecule has 0 spiro atoms. The van der Waals surface area contributed by atoms with E-state index in [1.54, 1.807) is 5.32 Å². The van der Waals surface area contributed by atoms with E-state index in [0.29, 0.717) is 5.76 Å². The van der Waals surface area contributed by atoms with Crippen LogP contribution in [0.3, 0.4) is 0 Å². The van der Waals surface area contributed by atoms with Crippen molar-refractivity contribution in [3.63, 3.8) is 0 Å². The van der Waals surface area contributed by atoms with Crippen LogP contribution < -0.4 is 10.6 Å². The number of aromatic nitrogens is 1. The summed E-state index contributed by atoms with van der Waals surface area (Å²) in [5.74, 6) is -2.45. The van der Waals surface area contributed by atoms with Crippen LogP contribution in [-0.2, 0) is 15.1 Å². The lowest BCUT2D eigenvalue weighted by Gasteiger charge is -2.34. The summed E-state index contributed by atoms with van der Waals surface area (Å²) >= 11 is 0. The second-order valence-corrected chi connectivity index (χ2v) is 5.38. The molecule has 11 heteroatoms. The number of nitrogens with one attached hydrogen (secondary N) is 2. The van der Waals surface area contributed by atoms with Crippen LogP contribution in [0.25, 0.3) is 0 Å². The summed E-state index contributed by atoms with van der Waals surface area (Å²) in [5.41, 5.74) is -4.28. The van der Waals surface area contributed by atoms with Crippen molar-refractivity contribution in [3.05, 3.63) is 47.5 Å². The lowest BCUT2D eigenvalue weighted by atomic mass is 9.89. The minimum Gasteiger partial charge on any atom is -0.464 e. The predicted molar refractivity (Wildman–Crippen MR) is 84.2 cm³/mol. The van der Waals surface area contributed by atoms with Crippen molar-refractivity contribution in [3.8, 4) is 0 Å². The predicted octanol–water partition coefficient (Wildman–Crippen LogP) is 3.26. The Balaban J connectivity index is 2.47. The Morgan fingerprint density at radius 2 is 1.85 bits per heavy atom. The van der Waals surface area contributed by atoms with Gasteiger partial charge in [-0.3, -0.25) is 5.32 Å². The highest BCUT2D eigenvalue weighted by Crippen LogP contribution is 2.40. The Morgan fingerprint density at radius 1 is 1.22 bits per heavy atom. The largest absolute Gasteiger partial charge is 0.464 e. The average molecular weight is 389 g/mol. The van der Waals surface area contributed by atoms with Crippen molar-refractivity contribution in [1.29, 1.82) is 0 Å². The number of aryl methyl sites for hydroxylation is 1. The fraction of sp³-hybridized carbons (Fsp3) is 0.312. The number of amides is 2. The third kappa shape index (κ3) is 4.18. The number of hydrogen-bond acceptors (Lipinski definition) is 5. The van der Waals surface area contributed by atoms with Crippen molar-refractivity contribution < 1.29 is 36.4 Å². The van der Waals surface area contributed by atoms with Gasteiger partial charge in [-0.05, 0) is 31.5 Å². The van der Waals surface area contributed by atoms with Gasteiger partial charge in [0.15, 0.2) is 5.82 Å². The molecule has 0 fully saturated rings. The molecule has 0 bridgehead atoms. The van der Waals surface area contributed by atoms with E-state index in [2.05, 4.69) is 9.89 Å². The van der Waals surface area contributed by atoms with Crippen molar-refractivity contribution in [2.24, 2.45) is 0 Å². The molecule has 2 aromatic rings. The van der Waals surface area contributed by atoms with E-state index in [1.807, 2.05) is 5.32 Å². The molecule has 7 nitrogen and oxygen atoms in total. The number of carbonyl (C=O) groups is 2. The molecule has 0 radical (unpaired) electrons. The van der Waals surface area contributed by atoms with Gasteiger partial charge in [-0.25, -0.2) is 14.0 Å². The van der Waals surface area contributed by atoms with E-state index >= 15 is 0 Å². The molecular weight excluding hydrogens is 374 g/mol. The van der Waals surface area contributed by atoms with E-state index in [4.69, 9.17) is 4.52 Å². The maximum Gasteiger partial charge on any atom is 0.426 e. The summed E-state index contributed by atoms with van der Waals surface area (Å²) < 4.78 is 64.3. The number of urea groups is 1. The molecule has 146 valence electrons. The molecule has 0 aliphatic carbocycles. The minimum atomic E-state index is -5.30. The Bertz CT molecular complexity index is 820. The highest BCUT2D eigenvalue weighted by atomic mass is 19.4. The summed E-state index contributed by atoms with van der Waals surface area (Å²) in [6.45, 7) is 2.44. The molecule has 1 aromatic carbocycles. The Hall–Kier alpha value is -3.11. The van der Waals surface area contributed by atoms with Gasteiger partial charge in [0.1, 0.15) is 11.6 Å². The summed E-state index contributed by atoms with van der Waals surface area (Å²) in [4.78, 5) is 24.4. The average Bonchev–Trinajstić information content (AvgIpc) is 2.97. The maximum atomic E-state index is 14.0. The molecule has 2 amide bonds. The number of carbonyl (C=O) groups excluding carboxylic acids is 2. The fourth-order valence-electron chi connectivity index (χ4n) is 2.27. The monoisotopic (exact) mass is 389 g/mol. The number of anilines is 1. The first kappa shape index (κ1) is 20.2. The van der Waals surface area contributed by atoms with E-state index < -0.39 is 35.1 Å². The molecular formula is C16H15F4N3O4. The van der Waals surface area contributed by atoms with Gasteiger partial charge in [-0.2, -0.15) is 13.2 Å². The molecule has 1 aromatic heterocycles. The smallest absolute Gasteiger partial charge is 0.426 e. The fourth-order valence-corrected chi connectivity index (χ4v) is 2.27. The number of hydrogen-bond donors (Lipinski definition) is 2. The van der Waals surface area contributed by atoms with Gasteiger partial charge in [0.25, 0.3) is 5.54 Å². The lowest BCUT2D eigenvalue weighted by Crippen LogP contribution is -2.62. The van der Waals surface area contributed by atoms with Gasteiger partial charge in [0, 0.05) is 6.07 Å². The van der Waals surface area contributed by atoms with Gasteiger partial charge in [-0.1, -0.05) is 17.3 Å². The van der Waals surface area contributed by atoms with E-state index in [0.717, 1.165) is 24.3 Å². The van der Waals surface area contributed by atoms with Gasteiger partial charge in [0.2, 0.25) is 0 Å². The maximum absolute atomic E-state index is 14.0. The van der Waals surface area contributed by atoms with Gasteiger partial charge in [-0.15, -0.1) is 0 Å². The van der Waals surface area contributed by atoms with Crippen LogP contribution in [0.1, 0.15) is 18.2 Å². The normalized spacial score (nSPS) is 13.6. The Kier molecular flexibility index (Phi) is 5.72. The lowest BCUT2D eigenvalue weighted by molar-refractivity contribution is -0.213. The van der Waals surface area contributed by atoms with Crippen LogP contribution in [0.15, 0.2) is 34.9 Å². The van der Waals surface area contributed by atoms with E-state index in [1.165, 1.54) is 19.9 Å². The topological polar surface area (TPSA) is 93.5 Å². The van der Waals surface area contributed by atoms with E-state index in [9.17, 15) is 27.2 Å². The van der Waals surface area contributed by atoms with Crippen LogP contribution in [-0.4, -0.2) is 29.9 Å². The zero-order valence-corrected chi connectivity index (χ0v) is 14.2. The summed E-state index contributed by atoms with van der Waals surface area (Å²) in [5, 5.41) is 7.05. The first-order chi connectivity index (χ1) is 12.6. The standard InChI is InChI=1S/C16H15F4N3O4/c1-3-26-13(24)15(16(18,19)20,10-4-6-11(17)7-5-10)22-14(25)21-12-8-9(2)27-23-12/h4-8H,3H2,1-2H3,(H2,21,22,23,25)/t15-/m1/s1. The van der Waals surface area contributed by atoms with Gasteiger partial charge < -0.3 is 14.6 Å². The van der Waals surface area contributed by atoms with Crippen LogP contribution in [0.2, 0.25) is 0 Å². The number of rotatable bonds is 5. The van der Waals surface area contributed by atoms with Crippen LogP contribution in [0.5, 0.6) is 0 Å². The molecule has 1 heterocycles. The van der Waals surface area contributed by atoms with Crippen molar-refractivity contribution >= 4 is 17.8 Å². The molecule has 0 aliphatic heterocycles. The third-order valence-electron chi connectivity index (χ3n) is 3.45. The quantitative estimate of drug-likeness (QED) is 0.605. The molecule has 0 saturated heterocycles. The number of benzene rings is 1.